The molecule has 1 unspecified atom stereocenters. The lowest BCUT2D eigenvalue weighted by Crippen LogP contribution is -2.31. The maximum Gasteiger partial charge on any atom is 0.222 e. The molecule has 1 atom stereocenters. The molecule has 94 valence electrons. The fourth-order valence-corrected chi connectivity index (χ4v) is 2.62. The zero-order chi connectivity index (χ0) is 11.8. The minimum Gasteiger partial charge on any atom is -0.343 e. The van der Waals surface area contributed by atoms with E-state index in [1.165, 1.54) is 32.1 Å². The normalized spacial score (nSPS) is 21.9. The summed E-state index contributed by atoms with van der Waals surface area (Å²) < 4.78 is 0. The van der Waals surface area contributed by atoms with E-state index in [2.05, 4.69) is 6.92 Å². The molecular weight excluding hydrogens is 222 g/mol. The summed E-state index contributed by atoms with van der Waals surface area (Å²) in [6.07, 6.45) is 7.71. The first-order valence-corrected chi connectivity index (χ1v) is 7.15. The first-order valence-electron chi connectivity index (χ1n) is 6.61. The SMILES string of the molecule is CCCC1CCCN(C(=O)CCCCl)CC1. The summed E-state index contributed by atoms with van der Waals surface area (Å²) in [6.45, 7) is 4.17. The van der Waals surface area contributed by atoms with Gasteiger partial charge in [-0.3, -0.25) is 4.79 Å². The Labute approximate surface area is 104 Å². The predicted molar refractivity (Wildman–Crippen MR) is 68.8 cm³/mol. The Bertz CT molecular complexity index is 208. The Kier molecular flexibility index (Phi) is 6.86. The van der Waals surface area contributed by atoms with Gasteiger partial charge in [-0.2, -0.15) is 0 Å². The monoisotopic (exact) mass is 245 g/mol. The van der Waals surface area contributed by atoms with E-state index in [-0.39, 0.29) is 0 Å². The van der Waals surface area contributed by atoms with Crippen molar-refractivity contribution in [1.82, 2.24) is 4.90 Å². The number of hydrogen-bond donors (Lipinski definition) is 0. The van der Waals surface area contributed by atoms with Gasteiger partial charge in [0.2, 0.25) is 5.91 Å². The van der Waals surface area contributed by atoms with Crippen molar-refractivity contribution in [1.29, 1.82) is 0 Å². The second-order valence-corrected chi connectivity index (χ2v) is 5.14. The lowest BCUT2D eigenvalue weighted by atomic mass is 9.96. The third-order valence-corrected chi connectivity index (χ3v) is 3.69. The van der Waals surface area contributed by atoms with Crippen LogP contribution in [0.1, 0.15) is 51.9 Å². The van der Waals surface area contributed by atoms with Crippen molar-refractivity contribution in [3.63, 3.8) is 0 Å². The zero-order valence-corrected chi connectivity index (χ0v) is 11.1. The number of halogens is 1. The highest BCUT2D eigenvalue weighted by atomic mass is 35.5. The number of hydrogen-bond acceptors (Lipinski definition) is 1. The first-order chi connectivity index (χ1) is 7.77. The average Bonchev–Trinajstić information content (AvgIpc) is 2.52. The van der Waals surface area contributed by atoms with E-state index in [0.29, 0.717) is 18.2 Å². The van der Waals surface area contributed by atoms with Crippen LogP contribution in [-0.2, 0) is 4.79 Å². The van der Waals surface area contributed by atoms with Crippen LogP contribution < -0.4 is 0 Å². The molecule has 0 aromatic rings. The van der Waals surface area contributed by atoms with Crippen molar-refractivity contribution in [2.45, 2.75) is 51.9 Å². The van der Waals surface area contributed by atoms with Gasteiger partial charge in [-0.25, -0.2) is 0 Å². The van der Waals surface area contributed by atoms with Crippen molar-refractivity contribution in [2.24, 2.45) is 5.92 Å². The van der Waals surface area contributed by atoms with Gasteiger partial charge in [0.1, 0.15) is 0 Å². The number of alkyl halides is 1. The first kappa shape index (κ1) is 13.8. The molecule has 0 aromatic heterocycles. The molecule has 1 aliphatic rings. The van der Waals surface area contributed by atoms with Gasteiger partial charge in [-0.1, -0.05) is 19.8 Å². The summed E-state index contributed by atoms with van der Waals surface area (Å²) in [5.41, 5.74) is 0. The van der Waals surface area contributed by atoms with Crippen LogP contribution in [0.15, 0.2) is 0 Å². The summed E-state index contributed by atoms with van der Waals surface area (Å²) in [5.74, 6) is 1.74. The van der Waals surface area contributed by atoms with Gasteiger partial charge in [-0.05, 0) is 31.6 Å². The number of carbonyl (C=O) groups excluding carboxylic acids is 1. The number of likely N-dealkylation sites (tertiary alicyclic amines) is 1. The molecule has 2 nitrogen and oxygen atoms in total. The van der Waals surface area contributed by atoms with Crippen molar-refractivity contribution in [2.75, 3.05) is 19.0 Å². The standard InChI is InChI=1S/C13H24ClNO/c1-2-5-12-6-4-10-15(11-8-12)13(16)7-3-9-14/h12H,2-11H2,1H3. The van der Waals surface area contributed by atoms with E-state index >= 15 is 0 Å². The van der Waals surface area contributed by atoms with Crippen LogP contribution in [0.4, 0.5) is 0 Å². The van der Waals surface area contributed by atoms with Gasteiger partial charge in [-0.15, -0.1) is 11.6 Å². The second kappa shape index (κ2) is 7.94. The van der Waals surface area contributed by atoms with E-state index in [1.807, 2.05) is 4.90 Å². The largest absolute Gasteiger partial charge is 0.343 e. The number of rotatable bonds is 5. The quantitative estimate of drug-likeness (QED) is 0.680. The fraction of sp³-hybridized carbons (Fsp3) is 0.923. The predicted octanol–water partition coefficient (Wildman–Crippen LogP) is 3.43. The molecule has 1 amide bonds. The van der Waals surface area contributed by atoms with Crippen molar-refractivity contribution >= 4 is 17.5 Å². The summed E-state index contributed by atoms with van der Waals surface area (Å²) in [6, 6.07) is 0. The van der Waals surface area contributed by atoms with E-state index in [0.717, 1.165) is 25.4 Å². The molecule has 0 aliphatic carbocycles. The number of amides is 1. The minimum atomic E-state index is 0.304. The fourth-order valence-electron chi connectivity index (χ4n) is 2.49. The number of nitrogens with zero attached hydrogens (tertiary/aromatic N) is 1. The third kappa shape index (κ3) is 4.73. The molecule has 1 aliphatic heterocycles. The van der Waals surface area contributed by atoms with E-state index < -0.39 is 0 Å². The van der Waals surface area contributed by atoms with Crippen LogP contribution in [-0.4, -0.2) is 29.8 Å². The van der Waals surface area contributed by atoms with Crippen LogP contribution in [0.25, 0.3) is 0 Å². The molecule has 0 spiro atoms. The Morgan fingerprint density at radius 3 is 2.88 bits per heavy atom. The van der Waals surface area contributed by atoms with Crippen LogP contribution >= 0.6 is 11.6 Å². The summed E-state index contributed by atoms with van der Waals surface area (Å²) in [5, 5.41) is 0. The highest BCUT2D eigenvalue weighted by Crippen LogP contribution is 2.22. The van der Waals surface area contributed by atoms with Crippen LogP contribution in [0.2, 0.25) is 0 Å². The maximum absolute atomic E-state index is 11.8. The van der Waals surface area contributed by atoms with E-state index in [1.54, 1.807) is 0 Å². The summed E-state index contributed by atoms with van der Waals surface area (Å²) in [7, 11) is 0. The lowest BCUT2D eigenvalue weighted by molar-refractivity contribution is -0.131. The van der Waals surface area contributed by atoms with Gasteiger partial charge in [0.25, 0.3) is 0 Å². The lowest BCUT2D eigenvalue weighted by Gasteiger charge is -2.20. The van der Waals surface area contributed by atoms with Crippen LogP contribution in [0.5, 0.6) is 0 Å². The van der Waals surface area contributed by atoms with E-state index in [4.69, 9.17) is 11.6 Å². The molecule has 16 heavy (non-hydrogen) atoms. The maximum atomic E-state index is 11.8. The minimum absolute atomic E-state index is 0.304. The van der Waals surface area contributed by atoms with Gasteiger partial charge in [0, 0.05) is 25.4 Å². The average molecular weight is 246 g/mol. The van der Waals surface area contributed by atoms with Gasteiger partial charge in [0.05, 0.1) is 0 Å². The molecule has 1 heterocycles. The molecule has 1 rings (SSSR count). The Balaban J connectivity index is 2.31. The van der Waals surface area contributed by atoms with Gasteiger partial charge >= 0.3 is 0 Å². The van der Waals surface area contributed by atoms with Crippen LogP contribution in [0.3, 0.4) is 0 Å². The molecule has 0 aromatic carbocycles. The molecule has 1 saturated heterocycles. The van der Waals surface area contributed by atoms with Crippen molar-refractivity contribution < 1.29 is 4.79 Å². The topological polar surface area (TPSA) is 20.3 Å². The van der Waals surface area contributed by atoms with Gasteiger partial charge in [0.15, 0.2) is 0 Å². The summed E-state index contributed by atoms with van der Waals surface area (Å²) in [4.78, 5) is 13.9. The second-order valence-electron chi connectivity index (χ2n) is 4.76. The molecule has 0 bridgehead atoms. The molecule has 0 radical (unpaired) electrons. The summed E-state index contributed by atoms with van der Waals surface area (Å²) >= 11 is 5.61. The Hall–Kier alpha value is -0.240. The van der Waals surface area contributed by atoms with Crippen molar-refractivity contribution in [3.05, 3.63) is 0 Å². The van der Waals surface area contributed by atoms with Crippen LogP contribution in [0, 0.1) is 5.92 Å². The number of carbonyl (C=O) groups is 1. The molecule has 0 saturated carbocycles. The molecular formula is C13H24ClNO. The van der Waals surface area contributed by atoms with Gasteiger partial charge < -0.3 is 4.90 Å². The Morgan fingerprint density at radius 2 is 2.19 bits per heavy atom. The van der Waals surface area contributed by atoms with E-state index in [9.17, 15) is 4.79 Å². The molecule has 1 fully saturated rings. The highest BCUT2D eigenvalue weighted by Gasteiger charge is 2.19. The smallest absolute Gasteiger partial charge is 0.222 e. The Morgan fingerprint density at radius 1 is 1.38 bits per heavy atom. The zero-order valence-electron chi connectivity index (χ0n) is 10.4. The highest BCUT2D eigenvalue weighted by molar-refractivity contribution is 6.17. The van der Waals surface area contributed by atoms with Crippen molar-refractivity contribution in [3.8, 4) is 0 Å². The molecule has 3 heteroatoms. The third-order valence-electron chi connectivity index (χ3n) is 3.42. The molecule has 0 N–H and O–H groups in total.